The second-order valence-electron chi connectivity index (χ2n) is 5.84. The number of rotatable bonds is 8. The van der Waals surface area contributed by atoms with Crippen molar-refractivity contribution in [2.75, 3.05) is 6.61 Å². The molecule has 3 rings (SSSR count). The number of imidazole rings is 1. The Hall–Kier alpha value is -2.62. The van der Waals surface area contributed by atoms with Crippen molar-refractivity contribution >= 4 is 17.3 Å². The van der Waals surface area contributed by atoms with Gasteiger partial charge in [0.25, 0.3) is 6.01 Å². The third kappa shape index (κ3) is 3.48. The van der Waals surface area contributed by atoms with Gasteiger partial charge in [0.05, 0.1) is 24.2 Å². The van der Waals surface area contributed by atoms with Crippen molar-refractivity contribution in [1.29, 1.82) is 0 Å². The number of hydrogen-bond acceptors (Lipinski definition) is 3. The number of carbonyl (C=O) groups excluding carboxylic acids is 1. The number of ether oxygens (including phenoxy) is 1. The summed E-state index contributed by atoms with van der Waals surface area (Å²) in [5.41, 5.74) is 3.59. The van der Waals surface area contributed by atoms with Crippen LogP contribution in [0.3, 0.4) is 0 Å². The van der Waals surface area contributed by atoms with E-state index in [9.17, 15) is 4.79 Å². The first kappa shape index (κ1) is 16.2. The third-order valence-electron chi connectivity index (χ3n) is 4.11. The Morgan fingerprint density at radius 3 is 2.71 bits per heavy atom. The maximum Gasteiger partial charge on any atom is 0.297 e. The smallest absolute Gasteiger partial charge is 0.297 e. The molecule has 0 unspecified atom stereocenters. The first-order valence-corrected chi connectivity index (χ1v) is 8.44. The van der Waals surface area contributed by atoms with Gasteiger partial charge in [0.1, 0.15) is 6.29 Å². The van der Waals surface area contributed by atoms with Gasteiger partial charge < -0.3 is 4.74 Å². The van der Waals surface area contributed by atoms with Crippen LogP contribution in [0.25, 0.3) is 11.0 Å². The van der Waals surface area contributed by atoms with Gasteiger partial charge in [0.15, 0.2) is 0 Å². The van der Waals surface area contributed by atoms with Crippen molar-refractivity contribution in [1.82, 2.24) is 9.55 Å². The standard InChI is InChI=1S/C20H22N2O2/c1-2-3-8-13-24-20-21-18-11-6-7-12-19(18)22(20)14-16-9-4-5-10-17(16)15-23/h4-7,9-12,15H,2-3,8,13-14H2,1H3. The first-order valence-electron chi connectivity index (χ1n) is 8.44. The number of carbonyl (C=O) groups is 1. The van der Waals surface area contributed by atoms with E-state index in [1.165, 1.54) is 0 Å². The molecule has 1 aromatic heterocycles. The van der Waals surface area contributed by atoms with E-state index in [4.69, 9.17) is 4.74 Å². The topological polar surface area (TPSA) is 44.1 Å². The van der Waals surface area contributed by atoms with Gasteiger partial charge in [-0.05, 0) is 24.1 Å². The summed E-state index contributed by atoms with van der Waals surface area (Å²) in [6.45, 7) is 3.40. The Bertz CT molecular complexity index is 823. The average Bonchev–Trinajstić information content (AvgIpc) is 2.97. The van der Waals surface area contributed by atoms with Crippen molar-refractivity contribution in [2.24, 2.45) is 0 Å². The molecule has 0 N–H and O–H groups in total. The Balaban J connectivity index is 1.93. The molecule has 0 aliphatic carbocycles. The van der Waals surface area contributed by atoms with E-state index in [0.29, 0.717) is 24.7 Å². The number of benzene rings is 2. The monoisotopic (exact) mass is 322 g/mol. The van der Waals surface area contributed by atoms with Crippen LogP contribution in [-0.4, -0.2) is 22.4 Å². The lowest BCUT2D eigenvalue weighted by atomic mass is 10.1. The molecule has 0 spiro atoms. The summed E-state index contributed by atoms with van der Waals surface area (Å²) in [5.74, 6) is 0. The zero-order chi connectivity index (χ0) is 16.8. The second-order valence-corrected chi connectivity index (χ2v) is 5.84. The number of nitrogens with zero attached hydrogens (tertiary/aromatic N) is 2. The molecule has 0 atom stereocenters. The van der Waals surface area contributed by atoms with Gasteiger partial charge in [-0.15, -0.1) is 0 Å². The van der Waals surface area contributed by atoms with Crippen molar-refractivity contribution in [2.45, 2.75) is 32.7 Å². The average molecular weight is 322 g/mol. The van der Waals surface area contributed by atoms with Crippen LogP contribution < -0.4 is 4.74 Å². The summed E-state index contributed by atoms with van der Waals surface area (Å²) in [7, 11) is 0. The summed E-state index contributed by atoms with van der Waals surface area (Å²) in [5, 5.41) is 0. The molecule has 24 heavy (non-hydrogen) atoms. The van der Waals surface area contributed by atoms with Crippen molar-refractivity contribution in [3.63, 3.8) is 0 Å². The minimum atomic E-state index is 0.568. The SMILES string of the molecule is CCCCCOc1nc2ccccc2n1Cc1ccccc1C=O. The van der Waals surface area contributed by atoms with Gasteiger partial charge in [-0.1, -0.05) is 56.2 Å². The molecular formula is C20H22N2O2. The molecule has 4 heteroatoms. The van der Waals surface area contributed by atoms with E-state index in [-0.39, 0.29) is 0 Å². The first-order chi connectivity index (χ1) is 11.8. The lowest BCUT2D eigenvalue weighted by molar-refractivity contribution is 0.112. The highest BCUT2D eigenvalue weighted by atomic mass is 16.5. The lowest BCUT2D eigenvalue weighted by Crippen LogP contribution is -2.08. The highest BCUT2D eigenvalue weighted by molar-refractivity contribution is 5.79. The summed E-state index contributed by atoms with van der Waals surface area (Å²) in [6, 6.07) is 16.2. The fraction of sp³-hybridized carbons (Fsp3) is 0.300. The molecule has 0 fully saturated rings. The Kier molecular flexibility index (Phi) is 5.26. The van der Waals surface area contributed by atoms with Crippen LogP contribution in [0.1, 0.15) is 42.1 Å². The number of para-hydroxylation sites is 2. The molecule has 3 aromatic rings. The van der Waals surface area contributed by atoms with E-state index < -0.39 is 0 Å². The number of fused-ring (bicyclic) bond motifs is 1. The molecule has 0 aliphatic rings. The number of aromatic nitrogens is 2. The third-order valence-corrected chi connectivity index (χ3v) is 4.11. The van der Waals surface area contributed by atoms with Gasteiger partial charge in [0.2, 0.25) is 0 Å². The molecule has 1 heterocycles. The van der Waals surface area contributed by atoms with Gasteiger partial charge in [-0.3, -0.25) is 9.36 Å². The molecule has 0 saturated carbocycles. The molecule has 0 radical (unpaired) electrons. The lowest BCUT2D eigenvalue weighted by Gasteiger charge is -2.11. The quantitative estimate of drug-likeness (QED) is 0.454. The second kappa shape index (κ2) is 7.77. The molecule has 4 nitrogen and oxygen atoms in total. The van der Waals surface area contributed by atoms with Crippen molar-refractivity contribution < 1.29 is 9.53 Å². The maximum atomic E-state index is 11.3. The van der Waals surface area contributed by atoms with Crippen LogP contribution in [-0.2, 0) is 6.54 Å². The molecule has 124 valence electrons. The van der Waals surface area contributed by atoms with Crippen LogP contribution in [0.5, 0.6) is 6.01 Å². The molecule has 0 saturated heterocycles. The van der Waals surface area contributed by atoms with Crippen LogP contribution in [0.4, 0.5) is 0 Å². The zero-order valence-electron chi connectivity index (χ0n) is 13.9. The minimum absolute atomic E-state index is 0.568. The van der Waals surface area contributed by atoms with E-state index in [0.717, 1.165) is 42.1 Å². The molecule has 0 bridgehead atoms. The summed E-state index contributed by atoms with van der Waals surface area (Å²) < 4.78 is 7.98. The van der Waals surface area contributed by atoms with Gasteiger partial charge in [-0.25, -0.2) is 0 Å². The van der Waals surface area contributed by atoms with Crippen LogP contribution in [0, 0.1) is 0 Å². The van der Waals surface area contributed by atoms with E-state index in [1.807, 2.05) is 53.1 Å². The number of unbranched alkanes of at least 4 members (excludes halogenated alkanes) is 2. The number of hydrogen-bond donors (Lipinski definition) is 0. The fourth-order valence-electron chi connectivity index (χ4n) is 2.80. The van der Waals surface area contributed by atoms with Crippen molar-refractivity contribution in [3.8, 4) is 6.01 Å². The molecular weight excluding hydrogens is 300 g/mol. The van der Waals surface area contributed by atoms with E-state index >= 15 is 0 Å². The highest BCUT2D eigenvalue weighted by Crippen LogP contribution is 2.23. The van der Waals surface area contributed by atoms with Gasteiger partial charge in [0, 0.05) is 5.56 Å². The van der Waals surface area contributed by atoms with Crippen LogP contribution in [0.2, 0.25) is 0 Å². The Morgan fingerprint density at radius 1 is 1.08 bits per heavy atom. The zero-order valence-corrected chi connectivity index (χ0v) is 13.9. The van der Waals surface area contributed by atoms with E-state index in [1.54, 1.807) is 0 Å². The number of aldehydes is 1. The normalized spacial score (nSPS) is 10.9. The van der Waals surface area contributed by atoms with Gasteiger partial charge in [-0.2, -0.15) is 4.98 Å². The molecule has 0 aliphatic heterocycles. The molecule has 2 aromatic carbocycles. The summed E-state index contributed by atoms with van der Waals surface area (Å²) in [4.78, 5) is 15.9. The Morgan fingerprint density at radius 2 is 1.88 bits per heavy atom. The summed E-state index contributed by atoms with van der Waals surface area (Å²) >= 11 is 0. The predicted octanol–water partition coefficient (Wildman–Crippen LogP) is 4.47. The molecule has 0 amide bonds. The summed E-state index contributed by atoms with van der Waals surface area (Å²) in [6.07, 6.45) is 4.22. The highest BCUT2D eigenvalue weighted by Gasteiger charge is 2.13. The van der Waals surface area contributed by atoms with Crippen molar-refractivity contribution in [3.05, 3.63) is 59.7 Å². The minimum Gasteiger partial charge on any atom is -0.465 e. The van der Waals surface area contributed by atoms with Crippen LogP contribution >= 0.6 is 0 Å². The van der Waals surface area contributed by atoms with Crippen LogP contribution in [0.15, 0.2) is 48.5 Å². The maximum absolute atomic E-state index is 11.3. The predicted molar refractivity (Wildman–Crippen MR) is 95.7 cm³/mol. The largest absolute Gasteiger partial charge is 0.465 e. The fourth-order valence-corrected chi connectivity index (χ4v) is 2.80. The van der Waals surface area contributed by atoms with Gasteiger partial charge >= 0.3 is 0 Å². The van der Waals surface area contributed by atoms with E-state index in [2.05, 4.69) is 11.9 Å². The Labute approximate surface area is 142 Å².